The number of hydrogen-bond donors (Lipinski definition) is 2. The Kier molecular flexibility index (Phi) is 12.2. The molecule has 0 aliphatic rings. The Hall–Kier alpha value is -4.49. The van der Waals surface area contributed by atoms with Crippen molar-refractivity contribution in [3.63, 3.8) is 0 Å². The monoisotopic (exact) mass is 629 g/mol. The van der Waals surface area contributed by atoms with Gasteiger partial charge in [-0.1, -0.05) is 36.4 Å². The van der Waals surface area contributed by atoms with E-state index in [1.54, 1.807) is 11.7 Å². The number of hydrogen-bond acceptors (Lipinski definition) is 8. The highest BCUT2D eigenvalue weighted by Crippen LogP contribution is 2.32. The highest BCUT2D eigenvalue weighted by molar-refractivity contribution is 7.07. The summed E-state index contributed by atoms with van der Waals surface area (Å²) >= 11 is 1.51. The fourth-order valence-electron chi connectivity index (χ4n) is 4.00. The summed E-state index contributed by atoms with van der Waals surface area (Å²) in [6.45, 7) is 3.24. The number of ether oxygens (including phenoxy) is 1. The second-order valence-electron chi connectivity index (χ2n) is 10.0. The molecular formula is C31H34F3N5O4S. The first-order valence-electron chi connectivity index (χ1n) is 13.5. The summed E-state index contributed by atoms with van der Waals surface area (Å²) in [5, 5.41) is 12.3. The smallest absolute Gasteiger partial charge is 0.490 e. The van der Waals surface area contributed by atoms with Gasteiger partial charge >= 0.3 is 12.1 Å². The zero-order valence-electron chi connectivity index (χ0n) is 24.7. The molecule has 0 aliphatic heterocycles. The number of nitrogens with one attached hydrogen (secondary N) is 1. The van der Waals surface area contributed by atoms with Crippen LogP contribution in [0.3, 0.4) is 0 Å². The van der Waals surface area contributed by atoms with E-state index in [0.29, 0.717) is 24.5 Å². The van der Waals surface area contributed by atoms with Gasteiger partial charge in [0.25, 0.3) is 0 Å². The predicted octanol–water partition coefficient (Wildman–Crippen LogP) is 5.77. The van der Waals surface area contributed by atoms with Crippen molar-refractivity contribution in [3.8, 4) is 16.9 Å². The molecule has 0 fully saturated rings. The Morgan fingerprint density at radius 1 is 1.02 bits per heavy atom. The number of rotatable bonds is 11. The molecule has 9 nitrogen and oxygen atoms in total. The van der Waals surface area contributed by atoms with Crippen LogP contribution in [0.5, 0.6) is 5.75 Å². The van der Waals surface area contributed by atoms with Crippen molar-refractivity contribution in [3.05, 3.63) is 89.0 Å². The third kappa shape index (κ3) is 10.3. The number of pyridine rings is 1. The van der Waals surface area contributed by atoms with Crippen LogP contribution in [0.1, 0.15) is 11.3 Å². The Labute approximate surface area is 257 Å². The highest BCUT2D eigenvalue weighted by Gasteiger charge is 2.38. The third-order valence-electron chi connectivity index (χ3n) is 6.33. The van der Waals surface area contributed by atoms with Crippen LogP contribution in [-0.4, -0.2) is 78.4 Å². The van der Waals surface area contributed by atoms with Crippen molar-refractivity contribution in [2.45, 2.75) is 25.6 Å². The van der Waals surface area contributed by atoms with E-state index in [1.165, 1.54) is 11.3 Å². The van der Waals surface area contributed by atoms with E-state index in [-0.39, 0.29) is 5.91 Å². The summed E-state index contributed by atoms with van der Waals surface area (Å²) in [5.41, 5.74) is 6.44. The van der Waals surface area contributed by atoms with Gasteiger partial charge in [-0.05, 0) is 62.0 Å². The number of carbonyl (C=O) groups is 2. The molecule has 0 spiro atoms. The SMILES string of the molecule is Cc1cc(-c2ccc(OCCN(C)C)c(NC(=O)[C@H](Cc3ccccc3)N(C)c3cscn3)c2)ccn1.O=C(O)C(F)(F)F. The van der Waals surface area contributed by atoms with Gasteiger partial charge in [0.05, 0.1) is 11.2 Å². The number of nitrogens with zero attached hydrogens (tertiary/aromatic N) is 4. The van der Waals surface area contributed by atoms with Crippen molar-refractivity contribution >= 4 is 34.7 Å². The molecule has 1 amide bonds. The van der Waals surface area contributed by atoms with Gasteiger partial charge in [-0.3, -0.25) is 9.78 Å². The number of alkyl halides is 3. The van der Waals surface area contributed by atoms with Crippen molar-refractivity contribution in [2.24, 2.45) is 0 Å². The molecule has 234 valence electrons. The van der Waals surface area contributed by atoms with Crippen molar-refractivity contribution in [2.75, 3.05) is 44.5 Å². The lowest BCUT2D eigenvalue weighted by atomic mass is 10.0. The molecule has 0 saturated heterocycles. The molecule has 2 N–H and O–H groups in total. The lowest BCUT2D eigenvalue weighted by Gasteiger charge is -2.28. The van der Waals surface area contributed by atoms with Crippen LogP contribution in [0.4, 0.5) is 24.7 Å². The summed E-state index contributed by atoms with van der Waals surface area (Å²) in [6.07, 6.45) is -2.75. The molecule has 0 saturated carbocycles. The number of aliphatic carboxylic acids is 1. The van der Waals surface area contributed by atoms with Crippen LogP contribution in [0.15, 0.2) is 77.8 Å². The summed E-state index contributed by atoms with van der Waals surface area (Å²) in [6, 6.07) is 19.5. The van der Waals surface area contributed by atoms with Gasteiger partial charge in [-0.2, -0.15) is 13.2 Å². The zero-order valence-corrected chi connectivity index (χ0v) is 25.5. The molecule has 0 aliphatic carbocycles. The van der Waals surface area contributed by atoms with E-state index < -0.39 is 18.2 Å². The average Bonchev–Trinajstić information content (AvgIpc) is 3.52. The summed E-state index contributed by atoms with van der Waals surface area (Å²) < 4.78 is 37.8. The number of carboxylic acid groups (broad SMARTS) is 1. The summed E-state index contributed by atoms with van der Waals surface area (Å²) in [7, 11) is 5.92. The number of amides is 1. The first-order chi connectivity index (χ1) is 20.8. The predicted molar refractivity (Wildman–Crippen MR) is 165 cm³/mol. The van der Waals surface area contributed by atoms with E-state index in [4.69, 9.17) is 14.6 Å². The molecule has 2 aromatic carbocycles. The number of likely N-dealkylation sites (N-methyl/N-ethyl adjacent to an activating group) is 2. The van der Waals surface area contributed by atoms with Crippen LogP contribution >= 0.6 is 11.3 Å². The molecule has 4 rings (SSSR count). The van der Waals surface area contributed by atoms with E-state index in [2.05, 4.69) is 20.2 Å². The number of aryl methyl sites for hydroxylation is 1. The fourth-order valence-corrected chi connectivity index (χ4v) is 4.57. The van der Waals surface area contributed by atoms with Crippen molar-refractivity contribution in [1.82, 2.24) is 14.9 Å². The van der Waals surface area contributed by atoms with Crippen molar-refractivity contribution < 1.29 is 32.6 Å². The summed E-state index contributed by atoms with van der Waals surface area (Å²) in [5.74, 6) is -1.48. The van der Waals surface area contributed by atoms with Gasteiger partial charge in [0.15, 0.2) is 0 Å². The quantitative estimate of drug-likeness (QED) is 0.215. The Morgan fingerprint density at radius 3 is 2.30 bits per heavy atom. The van der Waals surface area contributed by atoms with E-state index in [1.807, 2.05) is 99.0 Å². The maximum Gasteiger partial charge on any atom is 0.490 e. The number of carboxylic acids is 1. The van der Waals surface area contributed by atoms with Crippen LogP contribution in [0.2, 0.25) is 0 Å². The molecule has 2 aromatic heterocycles. The lowest BCUT2D eigenvalue weighted by molar-refractivity contribution is -0.192. The van der Waals surface area contributed by atoms with Gasteiger partial charge in [-0.25, -0.2) is 9.78 Å². The minimum Gasteiger partial charge on any atom is -0.490 e. The van der Waals surface area contributed by atoms with Gasteiger partial charge in [0.2, 0.25) is 5.91 Å². The Bertz CT molecular complexity index is 1500. The number of anilines is 2. The number of thiazole rings is 1. The Balaban J connectivity index is 0.000000676. The van der Waals surface area contributed by atoms with E-state index in [9.17, 15) is 18.0 Å². The third-order valence-corrected chi connectivity index (χ3v) is 6.90. The maximum atomic E-state index is 13.8. The molecule has 0 radical (unpaired) electrons. The molecule has 0 unspecified atom stereocenters. The standard InChI is InChI=1S/C29H33N5O2S.C2HF3O2/c1-21-16-24(12-13-30-21)23-10-11-27(36-15-14-33(2)3)25(18-23)32-29(35)26(17-22-8-6-5-7-9-22)34(4)28-19-37-20-31-28;3-2(4,5)1(6)7/h5-13,16,18-20,26H,14-15,17H2,1-4H3,(H,32,35);(H,6,7)/t26-;/m0./s1. The van der Waals surface area contributed by atoms with Crippen LogP contribution < -0.4 is 15.0 Å². The number of halogens is 3. The topological polar surface area (TPSA) is 108 Å². The molecule has 1 atom stereocenters. The van der Waals surface area contributed by atoms with Gasteiger partial charge in [0.1, 0.15) is 24.2 Å². The highest BCUT2D eigenvalue weighted by atomic mass is 32.1. The van der Waals surface area contributed by atoms with E-state index in [0.717, 1.165) is 34.7 Å². The van der Waals surface area contributed by atoms with Gasteiger partial charge < -0.3 is 25.0 Å². The second kappa shape index (κ2) is 15.8. The maximum absolute atomic E-state index is 13.8. The molecule has 44 heavy (non-hydrogen) atoms. The van der Waals surface area contributed by atoms with Crippen LogP contribution in [0, 0.1) is 6.92 Å². The number of carbonyl (C=O) groups excluding carboxylic acids is 1. The van der Waals surface area contributed by atoms with Crippen LogP contribution in [-0.2, 0) is 16.0 Å². The average molecular weight is 630 g/mol. The van der Waals surface area contributed by atoms with Crippen molar-refractivity contribution in [1.29, 1.82) is 0 Å². The van der Waals surface area contributed by atoms with Gasteiger partial charge in [-0.15, -0.1) is 11.3 Å². The molecule has 4 aromatic rings. The Morgan fingerprint density at radius 2 is 1.70 bits per heavy atom. The second-order valence-corrected chi connectivity index (χ2v) is 10.7. The molecule has 2 heterocycles. The number of benzene rings is 2. The number of aromatic nitrogens is 2. The first-order valence-corrected chi connectivity index (χ1v) is 14.4. The lowest BCUT2D eigenvalue weighted by Crippen LogP contribution is -2.44. The van der Waals surface area contributed by atoms with Crippen LogP contribution in [0.25, 0.3) is 11.1 Å². The normalized spacial score (nSPS) is 11.7. The minimum atomic E-state index is -5.08. The summed E-state index contributed by atoms with van der Waals surface area (Å²) in [4.78, 5) is 35.5. The van der Waals surface area contributed by atoms with E-state index >= 15 is 0 Å². The largest absolute Gasteiger partial charge is 0.490 e. The minimum absolute atomic E-state index is 0.125. The molecular weight excluding hydrogens is 595 g/mol. The van der Waals surface area contributed by atoms with Gasteiger partial charge in [0, 0.05) is 37.3 Å². The fraction of sp³-hybridized carbons (Fsp3) is 0.290. The zero-order chi connectivity index (χ0) is 32.3. The molecule has 13 heteroatoms. The molecule has 0 bridgehead atoms. The first kappa shape index (κ1) is 34.0.